The molecule has 0 unspecified atom stereocenters. The lowest BCUT2D eigenvalue weighted by Crippen LogP contribution is -2.41. The Kier molecular flexibility index (Phi) is 4.07. The van der Waals surface area contributed by atoms with Crippen molar-refractivity contribution < 1.29 is 4.79 Å². The molecule has 1 aromatic heterocycles. The molecule has 1 fully saturated rings. The first-order chi connectivity index (χ1) is 8.49. The van der Waals surface area contributed by atoms with Crippen LogP contribution in [0.1, 0.15) is 37.1 Å². The molecule has 18 heavy (non-hydrogen) atoms. The van der Waals surface area contributed by atoms with Crippen LogP contribution in [-0.2, 0) is 10.2 Å². The van der Waals surface area contributed by atoms with Crippen LogP contribution >= 0.6 is 11.3 Å². The van der Waals surface area contributed by atoms with E-state index in [1.165, 1.54) is 23.3 Å². The summed E-state index contributed by atoms with van der Waals surface area (Å²) in [4.78, 5) is 13.1. The highest BCUT2D eigenvalue weighted by Crippen LogP contribution is 2.30. The molecule has 1 aliphatic carbocycles. The van der Waals surface area contributed by atoms with Crippen LogP contribution in [0.15, 0.2) is 11.4 Å². The van der Waals surface area contributed by atoms with Crippen LogP contribution < -0.4 is 10.6 Å². The van der Waals surface area contributed by atoms with Gasteiger partial charge in [-0.05, 0) is 36.8 Å². The Morgan fingerprint density at radius 1 is 1.50 bits per heavy atom. The summed E-state index contributed by atoms with van der Waals surface area (Å²) < 4.78 is 0. The molecular weight excluding hydrogens is 244 g/mol. The van der Waals surface area contributed by atoms with Crippen molar-refractivity contribution in [3.8, 4) is 0 Å². The fourth-order valence-electron chi connectivity index (χ4n) is 2.05. The Hall–Kier alpha value is -0.870. The van der Waals surface area contributed by atoms with E-state index in [2.05, 4.69) is 42.9 Å². The zero-order valence-electron chi connectivity index (χ0n) is 11.4. The van der Waals surface area contributed by atoms with Crippen molar-refractivity contribution >= 4 is 17.2 Å². The van der Waals surface area contributed by atoms with Gasteiger partial charge < -0.3 is 10.6 Å². The van der Waals surface area contributed by atoms with Gasteiger partial charge in [0.15, 0.2) is 0 Å². The van der Waals surface area contributed by atoms with Gasteiger partial charge in [-0.15, -0.1) is 11.3 Å². The van der Waals surface area contributed by atoms with E-state index < -0.39 is 0 Å². The second-order valence-corrected chi connectivity index (χ2v) is 6.66. The van der Waals surface area contributed by atoms with Crippen LogP contribution in [0.5, 0.6) is 0 Å². The van der Waals surface area contributed by atoms with Crippen molar-refractivity contribution in [2.45, 2.75) is 45.1 Å². The summed E-state index contributed by atoms with van der Waals surface area (Å²) in [5, 5.41) is 8.37. The van der Waals surface area contributed by atoms with Crippen LogP contribution in [0.3, 0.4) is 0 Å². The minimum absolute atomic E-state index is 0.00743. The molecule has 4 heteroatoms. The van der Waals surface area contributed by atoms with Crippen molar-refractivity contribution in [1.82, 2.24) is 10.6 Å². The number of carbonyl (C=O) groups excluding carboxylic acids is 1. The molecule has 0 bridgehead atoms. The van der Waals surface area contributed by atoms with Crippen LogP contribution in [0.4, 0.5) is 0 Å². The number of rotatable bonds is 6. The first kappa shape index (κ1) is 13.6. The highest BCUT2D eigenvalue weighted by Gasteiger charge is 2.25. The quantitative estimate of drug-likeness (QED) is 0.829. The van der Waals surface area contributed by atoms with Gasteiger partial charge in [-0.25, -0.2) is 0 Å². The molecule has 0 aromatic carbocycles. The number of hydrogen-bond donors (Lipinski definition) is 2. The van der Waals surface area contributed by atoms with Gasteiger partial charge in [0, 0.05) is 22.9 Å². The number of carbonyl (C=O) groups is 1. The minimum atomic E-state index is 0.00743. The normalized spacial score (nSPS) is 15.7. The third-order valence-electron chi connectivity index (χ3n) is 3.33. The number of thiophene rings is 1. The van der Waals surface area contributed by atoms with Crippen LogP contribution in [-0.4, -0.2) is 25.0 Å². The molecule has 0 atom stereocenters. The summed E-state index contributed by atoms with van der Waals surface area (Å²) in [6.45, 7) is 7.63. The Morgan fingerprint density at radius 2 is 2.22 bits per heavy atom. The molecule has 0 radical (unpaired) electrons. The van der Waals surface area contributed by atoms with Crippen molar-refractivity contribution in [1.29, 1.82) is 0 Å². The maximum Gasteiger partial charge on any atom is 0.233 e. The van der Waals surface area contributed by atoms with Gasteiger partial charge in [0.05, 0.1) is 6.54 Å². The molecule has 2 N–H and O–H groups in total. The minimum Gasteiger partial charge on any atom is -0.354 e. The van der Waals surface area contributed by atoms with E-state index >= 15 is 0 Å². The average molecular weight is 266 g/mol. The van der Waals surface area contributed by atoms with E-state index in [4.69, 9.17) is 0 Å². The fourth-order valence-corrected chi connectivity index (χ4v) is 3.11. The smallest absolute Gasteiger partial charge is 0.233 e. The molecule has 1 heterocycles. The molecular formula is C14H22N2OS. The van der Waals surface area contributed by atoms with Gasteiger partial charge in [-0.2, -0.15) is 0 Å². The summed E-state index contributed by atoms with van der Waals surface area (Å²) in [7, 11) is 0. The van der Waals surface area contributed by atoms with Crippen molar-refractivity contribution in [3.63, 3.8) is 0 Å². The summed E-state index contributed by atoms with van der Waals surface area (Å²) in [6.07, 6.45) is 2.43. The predicted octanol–water partition coefficient (Wildman–Crippen LogP) is 2.20. The lowest BCUT2D eigenvalue weighted by atomic mass is 9.89. The summed E-state index contributed by atoms with van der Waals surface area (Å²) in [5.41, 5.74) is 1.32. The molecule has 100 valence electrons. The molecule has 0 spiro atoms. The molecule has 3 nitrogen and oxygen atoms in total. The lowest BCUT2D eigenvalue weighted by Gasteiger charge is -2.25. The molecule has 1 aliphatic rings. The van der Waals surface area contributed by atoms with Crippen molar-refractivity contribution in [2.75, 3.05) is 13.1 Å². The molecule has 1 amide bonds. The van der Waals surface area contributed by atoms with Crippen molar-refractivity contribution in [3.05, 3.63) is 21.9 Å². The highest BCUT2D eigenvalue weighted by molar-refractivity contribution is 7.10. The van der Waals surface area contributed by atoms with E-state index in [-0.39, 0.29) is 11.3 Å². The number of nitrogens with one attached hydrogen (secondary N) is 2. The van der Waals surface area contributed by atoms with E-state index in [1.54, 1.807) is 11.3 Å². The van der Waals surface area contributed by atoms with Gasteiger partial charge >= 0.3 is 0 Å². The van der Waals surface area contributed by atoms with Crippen LogP contribution in [0, 0.1) is 6.92 Å². The van der Waals surface area contributed by atoms with Gasteiger partial charge in [-0.3, -0.25) is 4.79 Å². The Bertz CT molecular complexity index is 421. The van der Waals surface area contributed by atoms with Crippen LogP contribution in [0.2, 0.25) is 0 Å². The monoisotopic (exact) mass is 266 g/mol. The largest absolute Gasteiger partial charge is 0.354 e. The summed E-state index contributed by atoms with van der Waals surface area (Å²) in [6, 6.07) is 2.72. The van der Waals surface area contributed by atoms with Crippen molar-refractivity contribution in [2.24, 2.45) is 0 Å². The highest BCUT2D eigenvalue weighted by atomic mass is 32.1. The van der Waals surface area contributed by atoms with E-state index in [1.807, 2.05) is 0 Å². The van der Waals surface area contributed by atoms with E-state index in [0.29, 0.717) is 19.1 Å². The first-order valence-corrected chi connectivity index (χ1v) is 7.41. The standard InChI is InChI=1S/C14H22N2OS/c1-10-6-7-18-13(10)14(2,3)9-16-12(17)8-15-11-4-5-11/h6-7,11,15H,4-5,8-9H2,1-3H3,(H,16,17). The maximum absolute atomic E-state index is 11.7. The SMILES string of the molecule is Cc1ccsc1C(C)(C)CNC(=O)CNC1CC1. The first-order valence-electron chi connectivity index (χ1n) is 6.54. The number of hydrogen-bond acceptors (Lipinski definition) is 3. The average Bonchev–Trinajstić information content (AvgIpc) is 3.04. The van der Waals surface area contributed by atoms with Gasteiger partial charge in [-0.1, -0.05) is 13.8 Å². The topological polar surface area (TPSA) is 41.1 Å². The number of amides is 1. The predicted molar refractivity (Wildman–Crippen MR) is 76.1 cm³/mol. The second-order valence-electron chi connectivity index (χ2n) is 5.75. The number of aryl methyl sites for hydroxylation is 1. The zero-order valence-corrected chi connectivity index (χ0v) is 12.2. The van der Waals surface area contributed by atoms with Gasteiger partial charge in [0.1, 0.15) is 0 Å². The molecule has 0 saturated heterocycles. The van der Waals surface area contributed by atoms with E-state index in [9.17, 15) is 4.79 Å². The summed E-state index contributed by atoms with van der Waals surface area (Å²) in [5.74, 6) is 0.101. The molecule has 2 rings (SSSR count). The molecule has 1 aromatic rings. The molecule has 1 saturated carbocycles. The fraction of sp³-hybridized carbons (Fsp3) is 0.643. The third kappa shape index (κ3) is 3.56. The zero-order chi connectivity index (χ0) is 13.2. The maximum atomic E-state index is 11.7. The summed E-state index contributed by atoms with van der Waals surface area (Å²) >= 11 is 1.77. The third-order valence-corrected chi connectivity index (χ3v) is 4.72. The Balaban J connectivity index is 1.80. The van der Waals surface area contributed by atoms with Gasteiger partial charge in [0.25, 0.3) is 0 Å². The van der Waals surface area contributed by atoms with Gasteiger partial charge in [0.2, 0.25) is 5.91 Å². The lowest BCUT2D eigenvalue weighted by molar-refractivity contribution is -0.120. The van der Waals surface area contributed by atoms with Crippen LogP contribution in [0.25, 0.3) is 0 Å². The Labute approximate surface area is 113 Å². The second kappa shape index (κ2) is 5.41. The Morgan fingerprint density at radius 3 is 2.78 bits per heavy atom. The van der Waals surface area contributed by atoms with E-state index in [0.717, 1.165) is 0 Å². The molecule has 0 aliphatic heterocycles.